The first-order chi connectivity index (χ1) is 14.3. The maximum atomic E-state index is 12.6. The van der Waals surface area contributed by atoms with Crippen LogP contribution in [0.2, 0.25) is 0 Å². The van der Waals surface area contributed by atoms with Crippen molar-refractivity contribution in [2.24, 2.45) is 0 Å². The number of amides is 1. The summed E-state index contributed by atoms with van der Waals surface area (Å²) in [6, 6.07) is 18.9. The Morgan fingerprint density at radius 2 is 1.50 bits per heavy atom. The normalized spacial score (nSPS) is 10.9. The minimum absolute atomic E-state index is 0.146. The monoisotopic (exact) mass is 424 g/mol. The lowest BCUT2D eigenvalue weighted by Crippen LogP contribution is -2.15. The molecule has 1 amide bonds. The summed E-state index contributed by atoms with van der Waals surface area (Å²) < 4.78 is 31.9. The van der Waals surface area contributed by atoms with Gasteiger partial charge in [-0.1, -0.05) is 24.3 Å². The third-order valence-electron chi connectivity index (χ3n) is 4.36. The zero-order valence-corrected chi connectivity index (χ0v) is 17.2. The molecule has 0 spiro atoms. The van der Waals surface area contributed by atoms with Crippen molar-refractivity contribution < 1.29 is 22.7 Å². The van der Waals surface area contributed by atoms with Gasteiger partial charge < -0.3 is 10.1 Å². The second-order valence-corrected chi connectivity index (χ2v) is 8.15. The largest absolute Gasteiger partial charge is 0.465 e. The highest BCUT2D eigenvalue weighted by Gasteiger charge is 2.15. The SMILES string of the molecule is COC(=O)c1ccc(C)c(NC(=O)c2ccc(NS(=O)(=O)c3ccccc3)cc2)c1. The van der Waals surface area contributed by atoms with Crippen LogP contribution in [-0.2, 0) is 14.8 Å². The first-order valence-corrected chi connectivity index (χ1v) is 10.5. The van der Waals surface area contributed by atoms with E-state index in [0.29, 0.717) is 22.5 Å². The van der Waals surface area contributed by atoms with Crippen LogP contribution in [0.1, 0.15) is 26.3 Å². The number of sulfonamides is 1. The molecule has 0 aliphatic rings. The fourth-order valence-corrected chi connectivity index (χ4v) is 3.78. The molecule has 0 saturated carbocycles. The molecular formula is C22H20N2O5S. The first kappa shape index (κ1) is 21.1. The van der Waals surface area contributed by atoms with Crippen LogP contribution in [0.25, 0.3) is 0 Å². The third-order valence-corrected chi connectivity index (χ3v) is 5.76. The molecule has 0 heterocycles. The van der Waals surface area contributed by atoms with Crippen molar-refractivity contribution in [1.29, 1.82) is 0 Å². The van der Waals surface area contributed by atoms with Gasteiger partial charge in [0.05, 0.1) is 17.6 Å². The molecule has 0 bridgehead atoms. The van der Waals surface area contributed by atoms with Crippen LogP contribution in [0.15, 0.2) is 77.7 Å². The van der Waals surface area contributed by atoms with Crippen molar-refractivity contribution >= 4 is 33.3 Å². The molecule has 0 fully saturated rings. The number of anilines is 2. The molecule has 2 N–H and O–H groups in total. The zero-order chi connectivity index (χ0) is 21.7. The fraction of sp³-hybridized carbons (Fsp3) is 0.0909. The second kappa shape index (κ2) is 8.79. The fourth-order valence-electron chi connectivity index (χ4n) is 2.70. The Bertz CT molecular complexity index is 1170. The van der Waals surface area contributed by atoms with E-state index < -0.39 is 21.9 Å². The Labute approximate surface area is 174 Å². The molecule has 0 unspecified atom stereocenters. The molecule has 3 rings (SSSR count). The van der Waals surface area contributed by atoms with Crippen LogP contribution < -0.4 is 10.0 Å². The number of nitrogens with one attached hydrogen (secondary N) is 2. The Morgan fingerprint density at radius 3 is 2.13 bits per heavy atom. The third kappa shape index (κ3) is 4.84. The maximum absolute atomic E-state index is 12.6. The van der Waals surface area contributed by atoms with E-state index in [1.165, 1.54) is 43.5 Å². The van der Waals surface area contributed by atoms with Gasteiger partial charge in [-0.25, -0.2) is 13.2 Å². The van der Waals surface area contributed by atoms with E-state index in [4.69, 9.17) is 4.74 Å². The number of esters is 1. The number of carbonyl (C=O) groups excluding carboxylic acids is 2. The number of benzene rings is 3. The van der Waals surface area contributed by atoms with Gasteiger partial charge in [0.2, 0.25) is 0 Å². The van der Waals surface area contributed by atoms with Gasteiger partial charge in [0.1, 0.15) is 0 Å². The molecule has 8 heteroatoms. The highest BCUT2D eigenvalue weighted by molar-refractivity contribution is 7.92. The van der Waals surface area contributed by atoms with E-state index in [2.05, 4.69) is 10.0 Å². The smallest absolute Gasteiger partial charge is 0.337 e. The summed E-state index contributed by atoms with van der Waals surface area (Å²) in [6.45, 7) is 1.80. The summed E-state index contributed by atoms with van der Waals surface area (Å²) in [5.74, 6) is -0.891. The second-order valence-electron chi connectivity index (χ2n) is 6.47. The van der Waals surface area contributed by atoms with Gasteiger partial charge in [0.25, 0.3) is 15.9 Å². The summed E-state index contributed by atoms with van der Waals surface area (Å²) in [6.07, 6.45) is 0. The predicted molar refractivity (Wildman–Crippen MR) is 114 cm³/mol. The van der Waals surface area contributed by atoms with Gasteiger partial charge in [-0.15, -0.1) is 0 Å². The van der Waals surface area contributed by atoms with Crippen molar-refractivity contribution in [3.63, 3.8) is 0 Å². The lowest BCUT2D eigenvalue weighted by atomic mass is 10.1. The van der Waals surface area contributed by atoms with Crippen LogP contribution in [-0.4, -0.2) is 27.4 Å². The molecule has 3 aromatic carbocycles. The topological polar surface area (TPSA) is 102 Å². The lowest BCUT2D eigenvalue weighted by Gasteiger charge is -2.11. The summed E-state index contributed by atoms with van der Waals surface area (Å²) >= 11 is 0. The van der Waals surface area contributed by atoms with E-state index in [0.717, 1.165) is 5.56 Å². The molecule has 0 aliphatic heterocycles. The van der Waals surface area contributed by atoms with Crippen molar-refractivity contribution in [2.45, 2.75) is 11.8 Å². The van der Waals surface area contributed by atoms with Gasteiger partial charge in [-0.05, 0) is 61.0 Å². The predicted octanol–water partition coefficient (Wildman–Crippen LogP) is 3.83. The number of rotatable bonds is 6. The van der Waals surface area contributed by atoms with E-state index in [9.17, 15) is 18.0 Å². The Kier molecular flexibility index (Phi) is 6.17. The highest BCUT2D eigenvalue weighted by Crippen LogP contribution is 2.20. The van der Waals surface area contributed by atoms with Gasteiger partial charge in [0.15, 0.2) is 0 Å². The van der Waals surface area contributed by atoms with Gasteiger partial charge in [0, 0.05) is 16.9 Å². The Hall–Kier alpha value is -3.65. The number of aryl methyl sites for hydroxylation is 1. The van der Waals surface area contributed by atoms with Crippen LogP contribution in [0.3, 0.4) is 0 Å². The van der Waals surface area contributed by atoms with Gasteiger partial charge in [-0.2, -0.15) is 0 Å². The molecule has 0 radical (unpaired) electrons. The van der Waals surface area contributed by atoms with Gasteiger partial charge >= 0.3 is 5.97 Å². The van der Waals surface area contributed by atoms with Crippen LogP contribution in [0, 0.1) is 6.92 Å². The molecule has 7 nitrogen and oxygen atoms in total. The molecule has 3 aromatic rings. The molecule has 0 atom stereocenters. The quantitative estimate of drug-likeness (QED) is 0.586. The maximum Gasteiger partial charge on any atom is 0.337 e. The molecule has 0 saturated heterocycles. The number of carbonyl (C=O) groups is 2. The highest BCUT2D eigenvalue weighted by atomic mass is 32.2. The summed E-state index contributed by atoms with van der Waals surface area (Å²) in [7, 11) is -2.42. The van der Waals surface area contributed by atoms with Crippen LogP contribution >= 0.6 is 0 Å². The van der Waals surface area contributed by atoms with E-state index >= 15 is 0 Å². The van der Waals surface area contributed by atoms with E-state index in [-0.39, 0.29) is 4.90 Å². The van der Waals surface area contributed by atoms with Crippen molar-refractivity contribution in [2.75, 3.05) is 17.1 Å². The van der Waals surface area contributed by atoms with E-state index in [1.807, 2.05) is 0 Å². The number of hydrogen-bond donors (Lipinski definition) is 2. The lowest BCUT2D eigenvalue weighted by molar-refractivity contribution is 0.0600. The number of hydrogen-bond acceptors (Lipinski definition) is 5. The summed E-state index contributed by atoms with van der Waals surface area (Å²) in [4.78, 5) is 24.4. The van der Waals surface area contributed by atoms with E-state index in [1.54, 1.807) is 43.3 Å². The number of ether oxygens (including phenoxy) is 1. The average Bonchev–Trinajstić information content (AvgIpc) is 2.75. The molecule has 0 aromatic heterocycles. The molecule has 154 valence electrons. The van der Waals surface area contributed by atoms with Crippen molar-refractivity contribution in [3.8, 4) is 0 Å². The molecule has 0 aliphatic carbocycles. The minimum atomic E-state index is -3.71. The minimum Gasteiger partial charge on any atom is -0.465 e. The zero-order valence-electron chi connectivity index (χ0n) is 16.4. The van der Waals surface area contributed by atoms with Crippen LogP contribution in [0.5, 0.6) is 0 Å². The Balaban J connectivity index is 1.74. The van der Waals surface area contributed by atoms with Crippen LogP contribution in [0.4, 0.5) is 11.4 Å². The average molecular weight is 424 g/mol. The number of methoxy groups -OCH3 is 1. The molecular weight excluding hydrogens is 404 g/mol. The standard InChI is InChI=1S/C22H20N2O5S/c1-15-8-9-17(22(26)29-2)14-20(15)23-21(25)16-10-12-18(13-11-16)24-30(27,28)19-6-4-3-5-7-19/h3-14,24H,1-2H3,(H,23,25). The summed E-state index contributed by atoms with van der Waals surface area (Å²) in [5, 5.41) is 2.75. The van der Waals surface area contributed by atoms with Crippen molar-refractivity contribution in [1.82, 2.24) is 0 Å². The summed E-state index contributed by atoms with van der Waals surface area (Å²) in [5.41, 5.74) is 2.25. The molecule has 30 heavy (non-hydrogen) atoms. The Morgan fingerprint density at radius 1 is 0.867 bits per heavy atom. The van der Waals surface area contributed by atoms with Gasteiger partial charge in [-0.3, -0.25) is 9.52 Å². The first-order valence-electron chi connectivity index (χ1n) is 8.98. The van der Waals surface area contributed by atoms with Crippen molar-refractivity contribution in [3.05, 3.63) is 89.5 Å².